The molecule has 0 saturated carbocycles. The number of nitrogens with one attached hydrogen (secondary N) is 1. The number of thiophene rings is 1. The molecule has 7 heteroatoms. The molecule has 30 heavy (non-hydrogen) atoms. The number of ether oxygens (including phenoxy) is 1. The van der Waals surface area contributed by atoms with E-state index >= 15 is 0 Å². The van der Waals surface area contributed by atoms with E-state index in [2.05, 4.69) is 29.0 Å². The van der Waals surface area contributed by atoms with Gasteiger partial charge in [0.15, 0.2) is 0 Å². The molecule has 0 bridgehead atoms. The van der Waals surface area contributed by atoms with Crippen LogP contribution in [-0.4, -0.2) is 66.3 Å². The average Bonchev–Trinajstić information content (AvgIpc) is 3.12. The normalized spacial score (nSPS) is 23.3. The fourth-order valence-corrected chi connectivity index (χ4v) is 6.49. The van der Waals surface area contributed by atoms with Gasteiger partial charge in [-0.1, -0.05) is 13.8 Å². The molecule has 3 aliphatic rings. The molecular formula is C23H35N5OS. The zero-order valence-corrected chi connectivity index (χ0v) is 19.3. The van der Waals surface area contributed by atoms with Gasteiger partial charge in [-0.3, -0.25) is 4.90 Å². The van der Waals surface area contributed by atoms with E-state index in [-0.39, 0.29) is 0 Å². The van der Waals surface area contributed by atoms with Gasteiger partial charge in [-0.15, -0.1) is 11.3 Å². The Hall–Kier alpha value is -1.28. The molecule has 4 heterocycles. The summed E-state index contributed by atoms with van der Waals surface area (Å²) in [5.41, 5.74) is 1.55. The molecule has 164 valence electrons. The largest absolute Gasteiger partial charge is 0.379 e. The van der Waals surface area contributed by atoms with Gasteiger partial charge >= 0.3 is 0 Å². The first-order chi connectivity index (χ1) is 14.7. The van der Waals surface area contributed by atoms with Crippen LogP contribution in [0, 0.1) is 0 Å². The minimum absolute atomic E-state index is 0.520. The molecule has 0 unspecified atom stereocenters. The average molecular weight is 430 g/mol. The molecule has 2 fully saturated rings. The molecule has 0 amide bonds. The second kappa shape index (κ2) is 9.07. The number of fused-ring (bicyclic) bond motifs is 3. The van der Waals surface area contributed by atoms with E-state index < -0.39 is 0 Å². The van der Waals surface area contributed by atoms with Crippen molar-refractivity contribution in [1.82, 2.24) is 20.2 Å². The summed E-state index contributed by atoms with van der Waals surface area (Å²) in [6.07, 6.45) is 7.49. The lowest BCUT2D eigenvalue weighted by molar-refractivity contribution is 0.0331. The number of hydrogen-bond donors (Lipinski definition) is 1. The van der Waals surface area contributed by atoms with Gasteiger partial charge in [0.1, 0.15) is 16.5 Å². The minimum atomic E-state index is 0.520. The number of piperidine rings is 1. The quantitative estimate of drug-likeness (QED) is 0.787. The SMILES string of the molecule is CC(C)N[C@@H]1CCCN(c2nc(CN3CCOCC3)nc3sc4c(c23)CCCC4)C1. The first kappa shape index (κ1) is 20.6. The van der Waals surface area contributed by atoms with Crippen molar-refractivity contribution in [1.29, 1.82) is 0 Å². The molecule has 0 spiro atoms. The minimum Gasteiger partial charge on any atom is -0.379 e. The lowest BCUT2D eigenvalue weighted by atomic mass is 9.96. The molecule has 1 atom stereocenters. The molecule has 2 aromatic heterocycles. The summed E-state index contributed by atoms with van der Waals surface area (Å²) in [6.45, 7) is 11.1. The van der Waals surface area contributed by atoms with Crippen molar-refractivity contribution in [3.8, 4) is 0 Å². The maximum Gasteiger partial charge on any atom is 0.146 e. The van der Waals surface area contributed by atoms with E-state index in [1.54, 1.807) is 10.4 Å². The number of aryl methyl sites for hydroxylation is 2. The lowest BCUT2D eigenvalue weighted by Crippen LogP contribution is -2.48. The first-order valence-electron chi connectivity index (χ1n) is 11.8. The van der Waals surface area contributed by atoms with Gasteiger partial charge in [0.05, 0.1) is 25.1 Å². The molecule has 0 aromatic carbocycles. The van der Waals surface area contributed by atoms with Crippen LogP contribution >= 0.6 is 11.3 Å². The number of aromatic nitrogens is 2. The molecule has 6 nitrogen and oxygen atoms in total. The fourth-order valence-electron chi connectivity index (χ4n) is 5.22. The van der Waals surface area contributed by atoms with Crippen LogP contribution in [0.4, 0.5) is 5.82 Å². The fraction of sp³-hybridized carbons (Fsp3) is 0.739. The Morgan fingerprint density at radius 3 is 2.77 bits per heavy atom. The van der Waals surface area contributed by atoms with E-state index in [9.17, 15) is 0 Å². The predicted molar refractivity (Wildman–Crippen MR) is 124 cm³/mol. The van der Waals surface area contributed by atoms with Crippen LogP contribution in [0.25, 0.3) is 10.2 Å². The second-order valence-electron chi connectivity index (χ2n) is 9.35. The Balaban J connectivity index is 1.51. The Bertz CT molecular complexity index is 876. The van der Waals surface area contributed by atoms with Crippen molar-refractivity contribution in [3.63, 3.8) is 0 Å². The number of anilines is 1. The summed E-state index contributed by atoms with van der Waals surface area (Å²) in [5.74, 6) is 2.19. The Labute approximate surface area is 184 Å². The van der Waals surface area contributed by atoms with Gasteiger partial charge in [0, 0.05) is 43.1 Å². The second-order valence-corrected chi connectivity index (χ2v) is 10.4. The summed E-state index contributed by atoms with van der Waals surface area (Å²) in [6, 6.07) is 1.06. The highest BCUT2D eigenvalue weighted by Crippen LogP contribution is 2.40. The van der Waals surface area contributed by atoms with Crippen LogP contribution in [0.15, 0.2) is 0 Å². The Kier molecular flexibility index (Phi) is 6.23. The van der Waals surface area contributed by atoms with Crippen LogP contribution in [0.5, 0.6) is 0 Å². The Morgan fingerprint density at radius 2 is 1.93 bits per heavy atom. The number of hydrogen-bond acceptors (Lipinski definition) is 7. The van der Waals surface area contributed by atoms with Gasteiger partial charge in [-0.25, -0.2) is 9.97 Å². The summed E-state index contributed by atoms with van der Waals surface area (Å²) >= 11 is 1.93. The van der Waals surface area contributed by atoms with Crippen molar-refractivity contribution in [2.75, 3.05) is 44.3 Å². The van der Waals surface area contributed by atoms with Crippen molar-refractivity contribution >= 4 is 27.4 Å². The first-order valence-corrected chi connectivity index (χ1v) is 12.6. The summed E-state index contributed by atoms with van der Waals surface area (Å²) in [7, 11) is 0. The van der Waals surface area contributed by atoms with Gasteiger partial charge < -0.3 is 15.0 Å². The molecule has 2 saturated heterocycles. The third kappa shape index (κ3) is 4.35. The summed E-state index contributed by atoms with van der Waals surface area (Å²) in [5, 5.41) is 5.13. The number of nitrogens with zero attached hydrogens (tertiary/aromatic N) is 4. The molecular weight excluding hydrogens is 394 g/mol. The van der Waals surface area contributed by atoms with Crippen LogP contribution in [0.2, 0.25) is 0 Å². The van der Waals surface area contributed by atoms with E-state index in [1.807, 2.05) is 11.3 Å². The molecule has 2 aliphatic heterocycles. The number of morpholine rings is 1. The summed E-state index contributed by atoms with van der Waals surface area (Å²) < 4.78 is 5.53. The van der Waals surface area contributed by atoms with Gasteiger partial charge in [0.25, 0.3) is 0 Å². The van der Waals surface area contributed by atoms with Crippen LogP contribution in [0.3, 0.4) is 0 Å². The highest BCUT2D eigenvalue weighted by molar-refractivity contribution is 7.19. The van der Waals surface area contributed by atoms with E-state index in [0.29, 0.717) is 12.1 Å². The van der Waals surface area contributed by atoms with E-state index in [0.717, 1.165) is 51.8 Å². The third-order valence-corrected chi connectivity index (χ3v) is 7.79. The zero-order valence-electron chi connectivity index (χ0n) is 18.5. The highest BCUT2D eigenvalue weighted by Gasteiger charge is 2.28. The molecule has 0 radical (unpaired) electrons. The number of rotatable bonds is 5. The monoisotopic (exact) mass is 429 g/mol. The molecule has 5 rings (SSSR count). The maximum atomic E-state index is 5.53. The van der Waals surface area contributed by atoms with Crippen LogP contribution < -0.4 is 10.2 Å². The zero-order chi connectivity index (χ0) is 20.5. The van der Waals surface area contributed by atoms with Crippen molar-refractivity contribution in [2.45, 2.75) is 71.0 Å². The van der Waals surface area contributed by atoms with Gasteiger partial charge in [-0.05, 0) is 44.1 Å². The van der Waals surface area contributed by atoms with Gasteiger partial charge in [-0.2, -0.15) is 0 Å². The standard InChI is InChI=1S/C23H35N5OS/c1-16(2)24-17-6-5-9-28(14-17)22-21-18-7-3-4-8-19(18)30-23(21)26-20(25-22)15-27-10-12-29-13-11-27/h16-17,24H,3-15H2,1-2H3/t17-/m1/s1. The Morgan fingerprint density at radius 1 is 1.10 bits per heavy atom. The third-order valence-electron chi connectivity index (χ3n) is 6.60. The highest BCUT2D eigenvalue weighted by atomic mass is 32.1. The summed E-state index contributed by atoms with van der Waals surface area (Å²) in [4.78, 5) is 18.1. The topological polar surface area (TPSA) is 53.5 Å². The van der Waals surface area contributed by atoms with E-state index in [4.69, 9.17) is 14.7 Å². The van der Waals surface area contributed by atoms with E-state index in [1.165, 1.54) is 54.6 Å². The molecule has 1 N–H and O–H groups in total. The predicted octanol–water partition coefficient (Wildman–Crippen LogP) is 3.37. The van der Waals surface area contributed by atoms with Crippen LogP contribution in [0.1, 0.15) is 55.8 Å². The maximum absolute atomic E-state index is 5.53. The smallest absolute Gasteiger partial charge is 0.146 e. The lowest BCUT2D eigenvalue weighted by Gasteiger charge is -2.36. The molecule has 2 aromatic rings. The van der Waals surface area contributed by atoms with Crippen LogP contribution in [-0.2, 0) is 24.1 Å². The van der Waals surface area contributed by atoms with Crippen molar-refractivity contribution < 1.29 is 4.74 Å². The molecule has 1 aliphatic carbocycles. The van der Waals surface area contributed by atoms with Crippen molar-refractivity contribution in [3.05, 3.63) is 16.3 Å². The van der Waals surface area contributed by atoms with Crippen molar-refractivity contribution in [2.24, 2.45) is 0 Å². The van der Waals surface area contributed by atoms with Gasteiger partial charge in [0.2, 0.25) is 0 Å².